The minimum absolute atomic E-state index is 0.0145. The molecule has 0 radical (unpaired) electrons. The molecule has 164 valence electrons. The van der Waals surface area contributed by atoms with Crippen LogP contribution in [-0.4, -0.2) is 51.8 Å². The third-order valence-corrected chi connectivity index (χ3v) is 8.69. The molecule has 0 aromatic carbocycles. The Morgan fingerprint density at radius 2 is 1.93 bits per heavy atom. The molecule has 7 heteroatoms. The van der Waals surface area contributed by atoms with E-state index in [-0.39, 0.29) is 42.2 Å². The maximum atomic E-state index is 13.5. The first-order valence-electron chi connectivity index (χ1n) is 10.8. The van der Waals surface area contributed by atoms with Gasteiger partial charge in [-0.1, -0.05) is 13.8 Å². The van der Waals surface area contributed by atoms with Gasteiger partial charge in [-0.3, -0.25) is 19.2 Å². The number of rotatable bonds is 3. The van der Waals surface area contributed by atoms with Crippen LogP contribution in [0.2, 0.25) is 0 Å². The van der Waals surface area contributed by atoms with E-state index in [0.717, 1.165) is 0 Å². The summed E-state index contributed by atoms with van der Waals surface area (Å²) < 4.78 is 4.84. The number of ether oxygens (including phenoxy) is 1. The number of hydrogen-bond donors (Lipinski definition) is 2. The molecule has 7 nitrogen and oxygen atoms in total. The summed E-state index contributed by atoms with van der Waals surface area (Å²) in [6, 6.07) is 0. The van der Waals surface area contributed by atoms with Crippen LogP contribution in [0, 0.1) is 28.6 Å². The molecule has 0 amide bonds. The van der Waals surface area contributed by atoms with Crippen LogP contribution in [0.4, 0.5) is 0 Å². The van der Waals surface area contributed by atoms with Crippen LogP contribution < -0.4 is 0 Å². The van der Waals surface area contributed by atoms with Gasteiger partial charge in [0.2, 0.25) is 5.78 Å². The molecule has 4 rings (SSSR count). The molecule has 0 spiro atoms. The van der Waals surface area contributed by atoms with E-state index in [1.807, 2.05) is 6.92 Å². The fraction of sp³-hybridized carbons (Fsp3) is 0.739. The van der Waals surface area contributed by atoms with E-state index in [1.54, 1.807) is 6.92 Å². The van der Waals surface area contributed by atoms with Gasteiger partial charge in [0.1, 0.15) is 11.4 Å². The van der Waals surface area contributed by atoms with Crippen molar-refractivity contribution in [2.45, 2.75) is 71.0 Å². The molecule has 0 saturated heterocycles. The smallest absolute Gasteiger partial charge is 0.303 e. The number of ketones is 3. The average molecular weight is 418 g/mol. The van der Waals surface area contributed by atoms with Crippen LogP contribution in [0.1, 0.15) is 59.3 Å². The highest BCUT2D eigenvalue weighted by atomic mass is 16.5. The van der Waals surface area contributed by atoms with Crippen molar-refractivity contribution in [2.75, 3.05) is 6.61 Å². The molecule has 0 bridgehead atoms. The summed E-state index contributed by atoms with van der Waals surface area (Å²) in [7, 11) is 0. The molecule has 3 fully saturated rings. The molecule has 4 aliphatic carbocycles. The molecule has 4 aliphatic rings. The van der Waals surface area contributed by atoms with Crippen molar-refractivity contribution in [3.8, 4) is 0 Å². The van der Waals surface area contributed by atoms with Gasteiger partial charge in [0.15, 0.2) is 12.4 Å². The fourth-order valence-electron chi connectivity index (χ4n) is 7.19. The molecule has 0 aliphatic heterocycles. The fourth-order valence-corrected chi connectivity index (χ4v) is 7.19. The number of hydrogen-bond acceptors (Lipinski definition) is 7. The van der Waals surface area contributed by atoms with E-state index in [2.05, 4.69) is 0 Å². The van der Waals surface area contributed by atoms with Crippen LogP contribution in [0.15, 0.2) is 11.6 Å². The second kappa shape index (κ2) is 6.82. The first kappa shape index (κ1) is 21.4. The van der Waals surface area contributed by atoms with E-state index in [9.17, 15) is 29.4 Å². The molecular weight excluding hydrogens is 388 g/mol. The summed E-state index contributed by atoms with van der Waals surface area (Å²) >= 11 is 0. The second-order valence-corrected chi connectivity index (χ2v) is 10.1. The molecule has 0 unspecified atom stereocenters. The second-order valence-electron chi connectivity index (χ2n) is 10.1. The quantitative estimate of drug-likeness (QED) is 0.667. The molecule has 3 saturated carbocycles. The predicted octanol–water partition coefficient (Wildman–Crippen LogP) is 1.53. The number of aliphatic hydroxyl groups is 2. The lowest BCUT2D eigenvalue weighted by atomic mass is 9.45. The normalized spacial score (nSPS) is 45.2. The zero-order chi connectivity index (χ0) is 22.1. The molecule has 2 N–H and O–H groups in total. The Hall–Kier alpha value is -1.86. The van der Waals surface area contributed by atoms with E-state index in [0.29, 0.717) is 31.3 Å². The Morgan fingerprint density at radius 3 is 2.60 bits per heavy atom. The molecule has 30 heavy (non-hydrogen) atoms. The Morgan fingerprint density at radius 1 is 1.23 bits per heavy atom. The molecule has 0 aromatic rings. The van der Waals surface area contributed by atoms with Crippen LogP contribution in [0.3, 0.4) is 0 Å². The highest BCUT2D eigenvalue weighted by Crippen LogP contribution is 2.66. The van der Waals surface area contributed by atoms with Gasteiger partial charge in [0.25, 0.3) is 0 Å². The standard InChI is InChI=1S/C23H30O7/c1-12(24)30-11-19(28)23(29)7-5-15-14-9-17(26)16-8-13(25)4-6-21(16,2)20(14)18(27)10-22(15,23)3/h8,14-15,17,20,26,29H,4-7,9-11H2,1-3H3/t14-,15+,17+,20-,21-,22-,23-/m0/s1. The monoisotopic (exact) mass is 418 g/mol. The molecule has 0 heterocycles. The van der Waals surface area contributed by atoms with Crippen molar-refractivity contribution >= 4 is 23.3 Å². The third-order valence-electron chi connectivity index (χ3n) is 8.69. The van der Waals surface area contributed by atoms with Crippen molar-refractivity contribution in [2.24, 2.45) is 28.6 Å². The van der Waals surface area contributed by atoms with Crippen molar-refractivity contribution < 1.29 is 34.1 Å². The average Bonchev–Trinajstić information content (AvgIpc) is 2.93. The van der Waals surface area contributed by atoms with Crippen molar-refractivity contribution in [3.63, 3.8) is 0 Å². The lowest BCUT2D eigenvalue weighted by Crippen LogP contribution is -2.62. The maximum absolute atomic E-state index is 13.5. The summed E-state index contributed by atoms with van der Waals surface area (Å²) in [5.41, 5.74) is -2.62. The summed E-state index contributed by atoms with van der Waals surface area (Å²) in [5.74, 6) is -1.81. The topological polar surface area (TPSA) is 118 Å². The summed E-state index contributed by atoms with van der Waals surface area (Å²) in [6.45, 7) is 4.45. The van der Waals surface area contributed by atoms with Crippen molar-refractivity contribution in [3.05, 3.63) is 11.6 Å². The lowest BCUT2D eigenvalue weighted by Gasteiger charge is -2.58. The Labute approximate surface area is 175 Å². The zero-order valence-electron chi connectivity index (χ0n) is 17.8. The number of carbonyl (C=O) groups is 4. The zero-order valence-corrected chi connectivity index (χ0v) is 17.8. The van der Waals surface area contributed by atoms with Gasteiger partial charge in [-0.2, -0.15) is 0 Å². The third kappa shape index (κ3) is 2.78. The van der Waals surface area contributed by atoms with Crippen LogP contribution in [-0.2, 0) is 23.9 Å². The minimum atomic E-state index is -1.74. The molecule has 0 aromatic heterocycles. The van der Waals surface area contributed by atoms with Gasteiger partial charge in [0.05, 0.1) is 6.10 Å². The first-order chi connectivity index (χ1) is 13.9. The maximum Gasteiger partial charge on any atom is 0.303 e. The molecular formula is C23H30O7. The number of esters is 1. The van der Waals surface area contributed by atoms with Crippen LogP contribution in [0.25, 0.3) is 0 Å². The highest BCUT2D eigenvalue weighted by molar-refractivity contribution is 5.95. The minimum Gasteiger partial charge on any atom is -0.458 e. The Bertz CT molecular complexity index is 860. The van der Waals surface area contributed by atoms with Gasteiger partial charge in [-0.15, -0.1) is 0 Å². The SMILES string of the molecule is CC(=O)OCC(=O)[C@@]1(O)CC[C@@H]2[C@@H]3C[C@@H](O)C4=CC(=O)CC[C@]4(C)[C@@H]3C(=O)C[C@@]21C. The van der Waals surface area contributed by atoms with Crippen molar-refractivity contribution in [1.29, 1.82) is 0 Å². The van der Waals surface area contributed by atoms with E-state index in [1.165, 1.54) is 13.0 Å². The van der Waals surface area contributed by atoms with Gasteiger partial charge < -0.3 is 14.9 Å². The summed E-state index contributed by atoms with van der Waals surface area (Å²) in [6.07, 6.45) is 2.79. The van der Waals surface area contributed by atoms with Gasteiger partial charge in [-0.25, -0.2) is 0 Å². The van der Waals surface area contributed by atoms with Gasteiger partial charge in [0, 0.05) is 36.5 Å². The number of fused-ring (bicyclic) bond motifs is 5. The van der Waals surface area contributed by atoms with Crippen LogP contribution >= 0.6 is 0 Å². The largest absolute Gasteiger partial charge is 0.458 e. The van der Waals surface area contributed by atoms with Crippen molar-refractivity contribution in [1.82, 2.24) is 0 Å². The number of carbonyl (C=O) groups excluding carboxylic acids is 4. The first-order valence-corrected chi connectivity index (χ1v) is 10.8. The number of aliphatic hydroxyl groups excluding tert-OH is 1. The Balaban J connectivity index is 1.70. The highest BCUT2D eigenvalue weighted by Gasteiger charge is 2.69. The summed E-state index contributed by atoms with van der Waals surface area (Å²) in [5, 5.41) is 22.3. The van der Waals surface area contributed by atoms with Crippen LogP contribution in [0.5, 0.6) is 0 Å². The molecule has 7 atom stereocenters. The predicted molar refractivity (Wildman–Crippen MR) is 105 cm³/mol. The van der Waals surface area contributed by atoms with E-state index < -0.39 is 40.9 Å². The Kier molecular flexibility index (Phi) is 4.86. The van der Waals surface area contributed by atoms with Gasteiger partial charge >= 0.3 is 5.97 Å². The van der Waals surface area contributed by atoms with E-state index in [4.69, 9.17) is 4.74 Å². The van der Waals surface area contributed by atoms with Gasteiger partial charge in [-0.05, 0) is 49.2 Å². The summed E-state index contributed by atoms with van der Waals surface area (Å²) in [4.78, 5) is 49.5. The lowest BCUT2D eigenvalue weighted by molar-refractivity contribution is -0.175. The van der Waals surface area contributed by atoms with E-state index >= 15 is 0 Å². The number of Topliss-reactive ketones (excluding diaryl/α,β-unsaturated/α-hetero) is 2.